The third-order valence-electron chi connectivity index (χ3n) is 3.54. The van der Waals surface area contributed by atoms with E-state index in [2.05, 4.69) is 57.1 Å². The molecule has 1 rings (SSSR count). The number of hydrogen-bond acceptors (Lipinski definition) is 3. The van der Waals surface area contributed by atoms with Crippen molar-refractivity contribution in [3.63, 3.8) is 0 Å². The molecule has 0 aliphatic rings. The van der Waals surface area contributed by atoms with Gasteiger partial charge in [-0.2, -0.15) is 0 Å². The van der Waals surface area contributed by atoms with E-state index in [0.717, 1.165) is 18.9 Å². The van der Waals surface area contributed by atoms with Crippen LogP contribution in [0.2, 0.25) is 0 Å². The Labute approximate surface area is 118 Å². The van der Waals surface area contributed by atoms with Crippen molar-refractivity contribution in [2.75, 3.05) is 25.5 Å². The summed E-state index contributed by atoms with van der Waals surface area (Å²) >= 11 is 0. The van der Waals surface area contributed by atoms with Gasteiger partial charge in [0, 0.05) is 25.8 Å². The summed E-state index contributed by atoms with van der Waals surface area (Å²) in [6.45, 7) is 10.9. The highest BCUT2D eigenvalue weighted by Crippen LogP contribution is 2.20. The van der Waals surface area contributed by atoms with Gasteiger partial charge in [-0.1, -0.05) is 34.1 Å². The first kappa shape index (κ1) is 16.0. The molecule has 0 radical (unpaired) electrons. The van der Waals surface area contributed by atoms with Crippen LogP contribution in [0, 0.1) is 5.92 Å². The first-order valence-corrected chi connectivity index (χ1v) is 7.34. The van der Waals surface area contributed by atoms with Gasteiger partial charge in [0.2, 0.25) is 0 Å². The van der Waals surface area contributed by atoms with E-state index in [1.807, 2.05) is 7.05 Å². The summed E-state index contributed by atoms with van der Waals surface area (Å²) in [6, 6.07) is 4.41. The largest absolute Gasteiger partial charge is 0.359 e. The van der Waals surface area contributed by atoms with Crippen LogP contribution in [0.5, 0.6) is 0 Å². The molecular weight excluding hydrogens is 234 g/mol. The van der Waals surface area contributed by atoms with Crippen molar-refractivity contribution in [3.05, 3.63) is 23.4 Å². The molecule has 1 N–H and O–H groups in total. The Kier molecular flexibility index (Phi) is 6.29. The fraction of sp³-hybridized carbons (Fsp3) is 0.688. The topological polar surface area (TPSA) is 28.2 Å². The maximum atomic E-state index is 4.80. The number of nitrogens with zero attached hydrogens (tertiary/aromatic N) is 2. The fourth-order valence-electron chi connectivity index (χ4n) is 2.08. The summed E-state index contributed by atoms with van der Waals surface area (Å²) in [6.07, 6.45) is 1.21. The van der Waals surface area contributed by atoms with Crippen molar-refractivity contribution < 1.29 is 0 Å². The van der Waals surface area contributed by atoms with Crippen LogP contribution in [0.3, 0.4) is 0 Å². The van der Waals surface area contributed by atoms with Gasteiger partial charge < -0.3 is 10.2 Å². The van der Waals surface area contributed by atoms with E-state index in [9.17, 15) is 0 Å². The third-order valence-corrected chi connectivity index (χ3v) is 3.54. The average molecular weight is 263 g/mol. The van der Waals surface area contributed by atoms with Crippen molar-refractivity contribution in [1.29, 1.82) is 0 Å². The van der Waals surface area contributed by atoms with Crippen LogP contribution in [0.1, 0.15) is 51.3 Å². The summed E-state index contributed by atoms with van der Waals surface area (Å²) in [7, 11) is 4.12. The second-order valence-electron chi connectivity index (χ2n) is 5.84. The Balaban J connectivity index is 2.97. The molecule has 0 spiro atoms. The van der Waals surface area contributed by atoms with E-state index >= 15 is 0 Å². The van der Waals surface area contributed by atoms with Gasteiger partial charge in [0.05, 0.1) is 0 Å². The van der Waals surface area contributed by atoms with Gasteiger partial charge in [-0.05, 0) is 36.6 Å². The van der Waals surface area contributed by atoms with Crippen LogP contribution in [0.15, 0.2) is 12.1 Å². The van der Waals surface area contributed by atoms with Crippen LogP contribution >= 0.6 is 0 Å². The molecule has 0 saturated heterocycles. The lowest BCUT2D eigenvalue weighted by atomic mass is 10.1. The zero-order valence-electron chi connectivity index (χ0n) is 13.3. The second-order valence-corrected chi connectivity index (χ2v) is 5.84. The molecule has 1 aromatic rings. The first-order valence-electron chi connectivity index (χ1n) is 7.34. The van der Waals surface area contributed by atoms with Crippen LogP contribution in [-0.4, -0.2) is 25.6 Å². The fourth-order valence-corrected chi connectivity index (χ4v) is 2.08. The number of nitrogens with one attached hydrogen (secondary N) is 1. The van der Waals surface area contributed by atoms with Gasteiger partial charge in [0.1, 0.15) is 5.82 Å². The molecule has 19 heavy (non-hydrogen) atoms. The Bertz CT molecular complexity index is 388. The van der Waals surface area contributed by atoms with E-state index in [0.29, 0.717) is 11.8 Å². The summed E-state index contributed by atoms with van der Waals surface area (Å²) in [5.41, 5.74) is 2.49. The smallest absolute Gasteiger partial charge is 0.128 e. The molecule has 0 amide bonds. The monoisotopic (exact) mass is 263 g/mol. The summed E-state index contributed by atoms with van der Waals surface area (Å²) in [5, 5.41) is 3.22. The van der Waals surface area contributed by atoms with Crippen LogP contribution in [0.25, 0.3) is 0 Å². The molecule has 0 bridgehead atoms. The summed E-state index contributed by atoms with van der Waals surface area (Å²) < 4.78 is 0. The number of rotatable bonds is 7. The molecule has 1 atom stereocenters. The normalized spacial score (nSPS) is 12.8. The molecule has 0 fully saturated rings. The standard InChI is InChI=1S/C16H29N3/c1-7-13(4)11-19(6)16-9-14(10-17-5)8-15(18-16)12(2)3/h8-9,12-13,17H,7,10-11H2,1-6H3. The van der Waals surface area contributed by atoms with E-state index < -0.39 is 0 Å². The number of pyridine rings is 1. The average Bonchev–Trinajstić information content (AvgIpc) is 2.38. The molecule has 0 aliphatic heterocycles. The maximum Gasteiger partial charge on any atom is 0.128 e. The SMILES string of the molecule is CCC(C)CN(C)c1cc(CNC)cc(C(C)C)n1. The van der Waals surface area contributed by atoms with Crippen molar-refractivity contribution in [1.82, 2.24) is 10.3 Å². The van der Waals surface area contributed by atoms with Gasteiger partial charge in [-0.15, -0.1) is 0 Å². The minimum atomic E-state index is 0.465. The molecule has 3 nitrogen and oxygen atoms in total. The first-order chi connectivity index (χ1) is 8.97. The van der Waals surface area contributed by atoms with Crippen molar-refractivity contribution in [3.8, 4) is 0 Å². The number of aromatic nitrogens is 1. The molecule has 1 heterocycles. The molecular formula is C16H29N3. The Hall–Kier alpha value is -1.09. The quantitative estimate of drug-likeness (QED) is 0.817. The van der Waals surface area contributed by atoms with Crippen molar-refractivity contribution in [2.24, 2.45) is 5.92 Å². The van der Waals surface area contributed by atoms with Gasteiger partial charge in [0.15, 0.2) is 0 Å². The predicted molar refractivity (Wildman–Crippen MR) is 83.8 cm³/mol. The highest BCUT2D eigenvalue weighted by molar-refractivity contribution is 5.42. The second kappa shape index (κ2) is 7.49. The van der Waals surface area contributed by atoms with E-state index in [1.165, 1.54) is 17.7 Å². The van der Waals surface area contributed by atoms with Crippen LogP contribution in [-0.2, 0) is 6.54 Å². The number of hydrogen-bond donors (Lipinski definition) is 1. The highest BCUT2D eigenvalue weighted by atomic mass is 15.2. The minimum Gasteiger partial charge on any atom is -0.359 e. The lowest BCUT2D eigenvalue weighted by Gasteiger charge is -2.23. The predicted octanol–water partition coefficient (Wildman–Crippen LogP) is 3.41. The Morgan fingerprint density at radius 1 is 1.26 bits per heavy atom. The zero-order chi connectivity index (χ0) is 14.4. The van der Waals surface area contributed by atoms with Crippen LogP contribution < -0.4 is 10.2 Å². The third kappa shape index (κ3) is 4.83. The van der Waals surface area contributed by atoms with Crippen LogP contribution in [0.4, 0.5) is 5.82 Å². The van der Waals surface area contributed by atoms with E-state index in [4.69, 9.17) is 4.98 Å². The Morgan fingerprint density at radius 2 is 1.95 bits per heavy atom. The number of anilines is 1. The molecule has 3 heteroatoms. The summed E-state index contributed by atoms with van der Waals surface area (Å²) in [4.78, 5) is 7.08. The highest BCUT2D eigenvalue weighted by Gasteiger charge is 2.11. The van der Waals surface area contributed by atoms with Crippen molar-refractivity contribution in [2.45, 2.75) is 46.6 Å². The molecule has 1 unspecified atom stereocenters. The molecule has 0 aromatic carbocycles. The maximum absolute atomic E-state index is 4.80. The van der Waals surface area contributed by atoms with Gasteiger partial charge in [0.25, 0.3) is 0 Å². The molecule has 1 aromatic heterocycles. The lowest BCUT2D eigenvalue weighted by Crippen LogP contribution is -2.25. The summed E-state index contributed by atoms with van der Waals surface area (Å²) in [5.74, 6) is 2.26. The van der Waals surface area contributed by atoms with Crippen molar-refractivity contribution >= 4 is 5.82 Å². The zero-order valence-corrected chi connectivity index (χ0v) is 13.3. The minimum absolute atomic E-state index is 0.465. The van der Waals surface area contributed by atoms with E-state index in [1.54, 1.807) is 0 Å². The lowest BCUT2D eigenvalue weighted by molar-refractivity contribution is 0.557. The van der Waals surface area contributed by atoms with Gasteiger partial charge in [-0.25, -0.2) is 4.98 Å². The van der Waals surface area contributed by atoms with Gasteiger partial charge in [-0.3, -0.25) is 0 Å². The van der Waals surface area contributed by atoms with E-state index in [-0.39, 0.29) is 0 Å². The molecule has 0 aliphatic carbocycles. The molecule has 0 saturated carbocycles. The van der Waals surface area contributed by atoms with Gasteiger partial charge >= 0.3 is 0 Å². The molecule has 108 valence electrons. The Morgan fingerprint density at radius 3 is 2.47 bits per heavy atom.